The van der Waals surface area contributed by atoms with Crippen molar-refractivity contribution in [3.8, 4) is 0 Å². The average molecular weight is 410 g/mol. The molecule has 1 aliphatic carbocycles. The molecule has 136 valence electrons. The second-order valence-corrected chi connectivity index (χ2v) is 8.79. The van der Waals surface area contributed by atoms with Crippen LogP contribution in [0.1, 0.15) is 49.7 Å². The lowest BCUT2D eigenvalue weighted by atomic mass is 10.1. The third-order valence-corrected chi connectivity index (χ3v) is 5.09. The molecule has 1 aliphatic heterocycles. The Kier molecular flexibility index (Phi) is 4.56. The molecule has 0 bridgehead atoms. The molecule has 7 heteroatoms. The molecule has 0 radical (unpaired) electrons. The zero-order chi connectivity index (χ0) is 18.4. The van der Waals surface area contributed by atoms with Crippen LogP contribution in [0.5, 0.6) is 0 Å². The zero-order valence-electron chi connectivity index (χ0n) is 15.1. The third kappa shape index (κ3) is 3.81. The summed E-state index contributed by atoms with van der Waals surface area (Å²) in [5.41, 5.74) is 0.575. The summed E-state index contributed by atoms with van der Waals surface area (Å²) in [7, 11) is 0. The number of carbonyl (C=O) groups excluding carboxylic acids is 2. The number of rotatable bonds is 1. The molecule has 0 aromatic carbocycles. The second-order valence-electron chi connectivity index (χ2n) is 7.87. The van der Waals surface area contributed by atoms with Gasteiger partial charge in [0.15, 0.2) is 0 Å². The molecule has 1 saturated carbocycles. The van der Waals surface area contributed by atoms with Gasteiger partial charge in [0, 0.05) is 30.3 Å². The van der Waals surface area contributed by atoms with Crippen LogP contribution in [0.2, 0.25) is 0 Å². The quantitative estimate of drug-likeness (QED) is 0.712. The third-order valence-electron chi connectivity index (χ3n) is 4.66. The van der Waals surface area contributed by atoms with Crippen LogP contribution in [-0.2, 0) is 4.74 Å². The highest BCUT2D eigenvalue weighted by Crippen LogP contribution is 2.45. The molecule has 0 N–H and O–H groups in total. The van der Waals surface area contributed by atoms with E-state index in [0.717, 1.165) is 23.0 Å². The van der Waals surface area contributed by atoms with Crippen molar-refractivity contribution in [2.45, 2.75) is 51.7 Å². The first kappa shape index (κ1) is 18.2. The van der Waals surface area contributed by atoms with Crippen molar-refractivity contribution in [1.29, 1.82) is 0 Å². The number of hydrogen-bond acceptors (Lipinski definition) is 4. The summed E-state index contributed by atoms with van der Waals surface area (Å²) < 4.78 is 6.27. The van der Waals surface area contributed by atoms with Crippen LogP contribution in [0, 0.1) is 6.92 Å². The average Bonchev–Trinajstić information content (AvgIpc) is 3.27. The summed E-state index contributed by atoms with van der Waals surface area (Å²) in [6.45, 7) is 8.97. The van der Waals surface area contributed by atoms with Gasteiger partial charge in [-0.3, -0.25) is 9.78 Å². The van der Waals surface area contributed by atoms with E-state index in [4.69, 9.17) is 4.74 Å². The van der Waals surface area contributed by atoms with E-state index in [1.807, 2.05) is 38.7 Å². The van der Waals surface area contributed by atoms with E-state index < -0.39 is 5.60 Å². The van der Waals surface area contributed by atoms with Crippen molar-refractivity contribution in [2.75, 3.05) is 19.6 Å². The molecule has 1 aromatic rings. The molecular formula is C18H24BrN3O3. The van der Waals surface area contributed by atoms with Crippen LogP contribution < -0.4 is 0 Å². The van der Waals surface area contributed by atoms with Gasteiger partial charge in [-0.25, -0.2) is 4.79 Å². The predicted octanol–water partition coefficient (Wildman–Crippen LogP) is 3.38. The smallest absolute Gasteiger partial charge is 0.410 e. The van der Waals surface area contributed by atoms with Gasteiger partial charge < -0.3 is 14.5 Å². The van der Waals surface area contributed by atoms with Gasteiger partial charge in [-0.05, 0) is 62.5 Å². The Morgan fingerprint density at radius 2 is 1.96 bits per heavy atom. The monoisotopic (exact) mass is 409 g/mol. The largest absolute Gasteiger partial charge is 0.444 e. The van der Waals surface area contributed by atoms with Crippen molar-refractivity contribution in [2.24, 2.45) is 0 Å². The molecule has 1 saturated heterocycles. The number of pyridine rings is 1. The first-order valence-corrected chi connectivity index (χ1v) is 9.33. The van der Waals surface area contributed by atoms with E-state index >= 15 is 0 Å². The number of halogens is 1. The first-order chi connectivity index (χ1) is 11.6. The van der Waals surface area contributed by atoms with E-state index in [0.29, 0.717) is 25.2 Å². The normalized spacial score (nSPS) is 19.1. The van der Waals surface area contributed by atoms with Crippen molar-refractivity contribution >= 4 is 27.9 Å². The fourth-order valence-corrected chi connectivity index (χ4v) is 3.55. The highest BCUT2D eigenvalue weighted by Gasteiger charge is 2.54. The lowest BCUT2D eigenvalue weighted by Gasteiger charge is -2.42. The Hall–Kier alpha value is -1.63. The highest BCUT2D eigenvalue weighted by molar-refractivity contribution is 9.10. The minimum atomic E-state index is -0.514. The summed E-state index contributed by atoms with van der Waals surface area (Å²) in [6.07, 6.45) is 3.22. The van der Waals surface area contributed by atoms with E-state index in [-0.39, 0.29) is 17.5 Å². The SMILES string of the molecule is Cc1ncc(Br)cc1C(=O)N1CCN(C(=O)OC(C)(C)C)CC12CC2. The van der Waals surface area contributed by atoms with Crippen LogP contribution >= 0.6 is 15.9 Å². The fourth-order valence-electron chi connectivity index (χ4n) is 3.22. The standard InChI is InChI=1S/C18H24BrN3O3/c1-12-14(9-13(19)10-20-12)15(23)22-8-7-21(11-18(22)5-6-18)16(24)25-17(2,3)4/h9-10H,5-8,11H2,1-4H3. The summed E-state index contributed by atoms with van der Waals surface area (Å²) in [4.78, 5) is 33.3. The molecule has 2 amide bonds. The van der Waals surface area contributed by atoms with E-state index in [2.05, 4.69) is 20.9 Å². The Morgan fingerprint density at radius 1 is 1.28 bits per heavy atom. The van der Waals surface area contributed by atoms with Gasteiger partial charge in [0.2, 0.25) is 0 Å². The number of piperazine rings is 1. The van der Waals surface area contributed by atoms with Gasteiger partial charge in [-0.1, -0.05) is 0 Å². The number of aryl methyl sites for hydroxylation is 1. The number of hydrogen-bond donors (Lipinski definition) is 0. The Balaban J connectivity index is 1.75. The minimum absolute atomic E-state index is 0.00682. The maximum absolute atomic E-state index is 13.1. The van der Waals surface area contributed by atoms with Crippen molar-refractivity contribution in [1.82, 2.24) is 14.8 Å². The number of nitrogens with zero attached hydrogens (tertiary/aromatic N) is 3. The lowest BCUT2D eigenvalue weighted by Crippen LogP contribution is -2.58. The number of amides is 2. The molecule has 0 atom stereocenters. The molecular weight excluding hydrogens is 386 g/mol. The predicted molar refractivity (Wildman–Crippen MR) is 97.5 cm³/mol. The van der Waals surface area contributed by atoms with Crippen molar-refractivity contribution < 1.29 is 14.3 Å². The maximum Gasteiger partial charge on any atom is 0.410 e. The number of carbonyl (C=O) groups is 2. The van der Waals surface area contributed by atoms with Gasteiger partial charge in [0.1, 0.15) is 5.60 Å². The van der Waals surface area contributed by atoms with E-state index in [1.54, 1.807) is 11.1 Å². The van der Waals surface area contributed by atoms with Gasteiger partial charge in [0.25, 0.3) is 5.91 Å². The second kappa shape index (κ2) is 6.27. The fraction of sp³-hybridized carbons (Fsp3) is 0.611. The van der Waals surface area contributed by atoms with Gasteiger partial charge >= 0.3 is 6.09 Å². The summed E-state index contributed by atoms with van der Waals surface area (Å²) >= 11 is 3.39. The van der Waals surface area contributed by atoms with Crippen LogP contribution in [0.4, 0.5) is 4.79 Å². The highest BCUT2D eigenvalue weighted by atomic mass is 79.9. The lowest BCUT2D eigenvalue weighted by molar-refractivity contribution is 0.000598. The van der Waals surface area contributed by atoms with Crippen molar-refractivity contribution in [3.63, 3.8) is 0 Å². The van der Waals surface area contributed by atoms with Crippen molar-refractivity contribution in [3.05, 3.63) is 28.0 Å². The van der Waals surface area contributed by atoms with Crippen LogP contribution in [0.15, 0.2) is 16.7 Å². The van der Waals surface area contributed by atoms with Gasteiger partial charge in [0.05, 0.1) is 16.8 Å². The topological polar surface area (TPSA) is 62.7 Å². The molecule has 3 rings (SSSR count). The van der Waals surface area contributed by atoms with E-state index in [9.17, 15) is 9.59 Å². The summed E-state index contributed by atoms with van der Waals surface area (Å²) in [5, 5.41) is 0. The molecule has 6 nitrogen and oxygen atoms in total. The molecule has 1 aromatic heterocycles. The summed E-state index contributed by atoms with van der Waals surface area (Å²) in [6, 6.07) is 1.82. The molecule has 2 heterocycles. The Bertz CT molecular complexity index is 710. The van der Waals surface area contributed by atoms with Crippen LogP contribution in [0.25, 0.3) is 0 Å². The van der Waals surface area contributed by atoms with Crippen LogP contribution in [0.3, 0.4) is 0 Å². The van der Waals surface area contributed by atoms with Gasteiger partial charge in [-0.15, -0.1) is 0 Å². The number of aromatic nitrogens is 1. The molecule has 2 fully saturated rings. The molecule has 0 unspecified atom stereocenters. The first-order valence-electron chi connectivity index (χ1n) is 8.53. The molecule has 2 aliphatic rings. The van der Waals surface area contributed by atoms with Crippen LogP contribution in [-0.4, -0.2) is 57.6 Å². The van der Waals surface area contributed by atoms with Gasteiger partial charge in [-0.2, -0.15) is 0 Å². The Labute approximate surface area is 156 Å². The Morgan fingerprint density at radius 3 is 2.56 bits per heavy atom. The molecule has 1 spiro atoms. The molecule has 25 heavy (non-hydrogen) atoms. The minimum Gasteiger partial charge on any atom is -0.444 e. The maximum atomic E-state index is 13.1. The zero-order valence-corrected chi connectivity index (χ0v) is 16.7. The van der Waals surface area contributed by atoms with E-state index in [1.165, 1.54) is 0 Å². The summed E-state index contributed by atoms with van der Waals surface area (Å²) in [5.74, 6) is -0.00682. The number of ether oxygens (including phenoxy) is 1.